The van der Waals surface area contributed by atoms with E-state index in [-0.39, 0.29) is 11.9 Å². The van der Waals surface area contributed by atoms with E-state index in [1.807, 2.05) is 6.92 Å². The van der Waals surface area contributed by atoms with Gasteiger partial charge in [0.25, 0.3) is 0 Å². The molecule has 0 rings (SSSR count). The molecule has 76 valence electrons. The second kappa shape index (κ2) is 10.7. The number of esters is 1. The molecule has 0 aliphatic rings. The Labute approximate surface area is 78.8 Å². The average Bonchev–Trinajstić information content (AvgIpc) is 2.15. The second-order valence-corrected chi connectivity index (χ2v) is 2.19. The minimum absolute atomic E-state index is 0.245. The fourth-order valence-electron chi connectivity index (χ4n) is 0.262. The molecule has 0 saturated carbocycles. The van der Waals surface area contributed by atoms with Crippen molar-refractivity contribution >= 4 is 11.9 Å². The van der Waals surface area contributed by atoms with E-state index < -0.39 is 0 Å². The molecule has 0 aliphatic heterocycles. The standard InChI is InChI=1S/C6H10O2.C3H7NO/c1-3-5-8-6(7)4-2;1-2-3(4)5/h4H,2-3,5H2,1H3;2H2,1H3,(H2,4,5). The maximum atomic E-state index is 10.2. The van der Waals surface area contributed by atoms with Gasteiger partial charge in [0.1, 0.15) is 0 Å². The molecule has 0 aromatic heterocycles. The summed E-state index contributed by atoms with van der Waals surface area (Å²) in [7, 11) is 0. The molecule has 1 amide bonds. The smallest absolute Gasteiger partial charge is 0.330 e. The molecule has 0 spiro atoms. The highest BCUT2D eigenvalue weighted by Gasteiger charge is 1.89. The van der Waals surface area contributed by atoms with Crippen molar-refractivity contribution in [3.8, 4) is 0 Å². The lowest BCUT2D eigenvalue weighted by molar-refractivity contribution is -0.137. The van der Waals surface area contributed by atoms with Gasteiger partial charge in [0.15, 0.2) is 0 Å². The van der Waals surface area contributed by atoms with Gasteiger partial charge < -0.3 is 10.5 Å². The maximum Gasteiger partial charge on any atom is 0.330 e. The molecule has 0 bridgehead atoms. The zero-order valence-electron chi connectivity index (χ0n) is 8.21. The summed E-state index contributed by atoms with van der Waals surface area (Å²) in [5.74, 6) is -0.586. The largest absolute Gasteiger partial charge is 0.463 e. The molecule has 0 heterocycles. The quantitative estimate of drug-likeness (QED) is 0.527. The first-order chi connectivity index (χ1) is 6.08. The number of rotatable bonds is 4. The van der Waals surface area contributed by atoms with Crippen molar-refractivity contribution < 1.29 is 14.3 Å². The van der Waals surface area contributed by atoms with Gasteiger partial charge in [-0.25, -0.2) is 4.79 Å². The zero-order chi connectivity index (χ0) is 10.7. The molecule has 0 fully saturated rings. The molecule has 0 atom stereocenters. The third-order valence-electron chi connectivity index (χ3n) is 0.964. The van der Waals surface area contributed by atoms with Crippen LogP contribution < -0.4 is 5.73 Å². The lowest BCUT2D eigenvalue weighted by Crippen LogP contribution is -2.06. The third-order valence-corrected chi connectivity index (χ3v) is 0.964. The van der Waals surface area contributed by atoms with E-state index >= 15 is 0 Å². The Kier molecular flexibility index (Phi) is 11.7. The van der Waals surface area contributed by atoms with Crippen molar-refractivity contribution in [2.24, 2.45) is 5.73 Å². The van der Waals surface area contributed by atoms with Crippen LogP contribution in [0.2, 0.25) is 0 Å². The van der Waals surface area contributed by atoms with E-state index in [1.165, 1.54) is 0 Å². The molecule has 0 aromatic rings. The lowest BCUT2D eigenvalue weighted by Gasteiger charge is -1.94. The summed E-state index contributed by atoms with van der Waals surface area (Å²) >= 11 is 0. The Bertz CT molecular complexity index is 166. The normalized spacial score (nSPS) is 7.85. The van der Waals surface area contributed by atoms with Crippen LogP contribution in [0.1, 0.15) is 26.7 Å². The predicted octanol–water partition coefficient (Wildman–Crippen LogP) is 1.01. The summed E-state index contributed by atoms with van der Waals surface area (Å²) in [5, 5.41) is 0. The van der Waals surface area contributed by atoms with Crippen LogP contribution >= 0.6 is 0 Å². The van der Waals surface area contributed by atoms with Gasteiger partial charge in [-0.3, -0.25) is 4.79 Å². The molecular formula is C9H17NO3. The molecular weight excluding hydrogens is 170 g/mol. The fraction of sp³-hybridized carbons (Fsp3) is 0.556. The zero-order valence-corrected chi connectivity index (χ0v) is 8.21. The highest BCUT2D eigenvalue weighted by molar-refractivity contribution is 5.81. The minimum atomic E-state index is -0.341. The number of primary amides is 1. The van der Waals surface area contributed by atoms with E-state index in [0.29, 0.717) is 13.0 Å². The van der Waals surface area contributed by atoms with Crippen LogP contribution in [0.5, 0.6) is 0 Å². The molecule has 0 unspecified atom stereocenters. The Morgan fingerprint density at radius 2 is 1.92 bits per heavy atom. The Morgan fingerprint density at radius 3 is 2.15 bits per heavy atom. The molecule has 0 radical (unpaired) electrons. The third kappa shape index (κ3) is 18.0. The van der Waals surface area contributed by atoms with Gasteiger partial charge in [0.2, 0.25) is 5.91 Å². The molecule has 0 aliphatic carbocycles. The fourth-order valence-corrected chi connectivity index (χ4v) is 0.262. The Hall–Kier alpha value is -1.32. The van der Waals surface area contributed by atoms with E-state index in [4.69, 9.17) is 0 Å². The number of nitrogens with two attached hydrogens (primary N) is 1. The van der Waals surface area contributed by atoms with Gasteiger partial charge >= 0.3 is 5.97 Å². The van der Waals surface area contributed by atoms with Crippen LogP contribution in [0.25, 0.3) is 0 Å². The number of amides is 1. The van der Waals surface area contributed by atoms with Crippen LogP contribution in [-0.4, -0.2) is 18.5 Å². The minimum Gasteiger partial charge on any atom is -0.463 e. The maximum absolute atomic E-state index is 10.2. The highest BCUT2D eigenvalue weighted by atomic mass is 16.5. The van der Waals surface area contributed by atoms with Crippen LogP contribution in [0, 0.1) is 0 Å². The first-order valence-corrected chi connectivity index (χ1v) is 4.15. The topological polar surface area (TPSA) is 69.4 Å². The van der Waals surface area contributed by atoms with Crippen molar-refractivity contribution in [2.45, 2.75) is 26.7 Å². The van der Waals surface area contributed by atoms with Crippen LogP contribution in [0.4, 0.5) is 0 Å². The Balaban J connectivity index is 0. The van der Waals surface area contributed by atoms with E-state index in [9.17, 15) is 9.59 Å². The highest BCUT2D eigenvalue weighted by Crippen LogP contribution is 1.81. The lowest BCUT2D eigenvalue weighted by atomic mass is 10.5. The van der Waals surface area contributed by atoms with Gasteiger partial charge in [-0.2, -0.15) is 0 Å². The number of ether oxygens (including phenoxy) is 1. The van der Waals surface area contributed by atoms with Crippen LogP contribution in [0.15, 0.2) is 12.7 Å². The van der Waals surface area contributed by atoms with Crippen molar-refractivity contribution in [1.29, 1.82) is 0 Å². The van der Waals surface area contributed by atoms with E-state index in [1.54, 1.807) is 6.92 Å². The SMILES string of the molecule is C=CC(=O)OCCC.CCC(N)=O. The number of hydrogen-bond donors (Lipinski definition) is 1. The van der Waals surface area contributed by atoms with Crippen LogP contribution in [0.3, 0.4) is 0 Å². The summed E-state index contributed by atoms with van der Waals surface area (Å²) < 4.78 is 4.58. The van der Waals surface area contributed by atoms with Gasteiger partial charge in [0, 0.05) is 12.5 Å². The summed E-state index contributed by atoms with van der Waals surface area (Å²) in [4.78, 5) is 19.8. The first-order valence-electron chi connectivity index (χ1n) is 4.15. The monoisotopic (exact) mass is 187 g/mol. The molecule has 2 N–H and O–H groups in total. The molecule has 0 aromatic carbocycles. The van der Waals surface area contributed by atoms with Crippen molar-refractivity contribution in [2.75, 3.05) is 6.61 Å². The van der Waals surface area contributed by atoms with Gasteiger partial charge in [-0.1, -0.05) is 20.4 Å². The number of carbonyl (C=O) groups is 2. The van der Waals surface area contributed by atoms with E-state index in [2.05, 4.69) is 17.0 Å². The Morgan fingerprint density at radius 1 is 1.46 bits per heavy atom. The van der Waals surface area contributed by atoms with Crippen molar-refractivity contribution in [3.05, 3.63) is 12.7 Å². The predicted molar refractivity (Wildman–Crippen MR) is 50.9 cm³/mol. The molecule has 13 heavy (non-hydrogen) atoms. The molecule has 4 nitrogen and oxygen atoms in total. The molecule has 4 heteroatoms. The van der Waals surface area contributed by atoms with Gasteiger partial charge in [-0.05, 0) is 6.42 Å². The number of carbonyl (C=O) groups excluding carboxylic acids is 2. The summed E-state index contributed by atoms with van der Waals surface area (Å²) in [6.45, 7) is 7.40. The second-order valence-electron chi connectivity index (χ2n) is 2.19. The van der Waals surface area contributed by atoms with Crippen molar-refractivity contribution in [3.63, 3.8) is 0 Å². The number of hydrogen-bond acceptors (Lipinski definition) is 3. The van der Waals surface area contributed by atoms with E-state index in [0.717, 1.165) is 12.5 Å². The summed E-state index contributed by atoms with van der Waals surface area (Å²) in [6, 6.07) is 0. The van der Waals surface area contributed by atoms with Gasteiger partial charge in [0.05, 0.1) is 6.61 Å². The van der Waals surface area contributed by atoms with Crippen molar-refractivity contribution in [1.82, 2.24) is 0 Å². The summed E-state index contributed by atoms with van der Waals surface area (Å²) in [6.07, 6.45) is 2.47. The molecule has 0 saturated heterocycles. The van der Waals surface area contributed by atoms with Gasteiger partial charge in [-0.15, -0.1) is 0 Å². The summed E-state index contributed by atoms with van der Waals surface area (Å²) in [5.41, 5.74) is 4.65. The average molecular weight is 187 g/mol. The first kappa shape index (κ1) is 14.2. The van der Waals surface area contributed by atoms with Crippen LogP contribution in [-0.2, 0) is 14.3 Å².